The zero-order chi connectivity index (χ0) is 8.48. The summed E-state index contributed by atoms with van der Waals surface area (Å²) >= 11 is 0. The number of azo groups is 1. The first-order chi connectivity index (χ1) is 5.10. The molecule has 4 heteroatoms. The lowest BCUT2D eigenvalue weighted by Crippen LogP contribution is -2.38. The monoisotopic (exact) mass is 153 g/mol. The van der Waals surface area contributed by atoms with Crippen molar-refractivity contribution in [3.63, 3.8) is 0 Å². The molecule has 1 rings (SSSR count). The lowest BCUT2D eigenvalue weighted by atomic mass is 9.96. The summed E-state index contributed by atoms with van der Waals surface area (Å²) in [5.74, 6) is -0.430. The van der Waals surface area contributed by atoms with Gasteiger partial charge in [-0.25, -0.2) is 0 Å². The Bertz CT molecular complexity index is 244. The first-order valence-corrected chi connectivity index (χ1v) is 3.53. The van der Waals surface area contributed by atoms with Gasteiger partial charge in [0.1, 0.15) is 0 Å². The number of primary amides is 1. The highest BCUT2D eigenvalue weighted by Gasteiger charge is 2.35. The van der Waals surface area contributed by atoms with Gasteiger partial charge in [-0.05, 0) is 19.4 Å². The van der Waals surface area contributed by atoms with Gasteiger partial charge in [0.15, 0.2) is 5.54 Å². The molecule has 0 aromatic rings. The minimum Gasteiger partial charge on any atom is -0.367 e. The minimum atomic E-state index is -0.857. The molecule has 0 fully saturated rings. The summed E-state index contributed by atoms with van der Waals surface area (Å²) < 4.78 is 0. The van der Waals surface area contributed by atoms with Crippen LogP contribution in [-0.2, 0) is 4.79 Å². The quantitative estimate of drug-likeness (QED) is 0.631. The van der Waals surface area contributed by atoms with E-state index in [0.717, 1.165) is 5.70 Å². The van der Waals surface area contributed by atoms with Crippen LogP contribution in [0.25, 0.3) is 0 Å². The van der Waals surface area contributed by atoms with Crippen molar-refractivity contribution in [3.8, 4) is 0 Å². The molecular formula is C7H11N3O. The molecule has 1 atom stereocenters. The van der Waals surface area contributed by atoms with Gasteiger partial charge in [-0.15, -0.1) is 0 Å². The molecule has 60 valence electrons. The number of amides is 1. The summed E-state index contributed by atoms with van der Waals surface area (Å²) in [7, 11) is 0. The maximum Gasteiger partial charge on any atom is 0.251 e. The predicted octanol–water partition coefficient (Wildman–Crippen LogP) is 0.990. The van der Waals surface area contributed by atoms with Crippen LogP contribution in [0.15, 0.2) is 22.0 Å². The van der Waals surface area contributed by atoms with Crippen molar-refractivity contribution in [1.82, 2.24) is 0 Å². The molecule has 0 radical (unpaired) electrons. The fourth-order valence-electron chi connectivity index (χ4n) is 1.04. The van der Waals surface area contributed by atoms with E-state index in [1.807, 2.05) is 6.92 Å². The van der Waals surface area contributed by atoms with Gasteiger partial charge in [0, 0.05) is 0 Å². The molecule has 1 aliphatic rings. The minimum absolute atomic E-state index is 0.430. The van der Waals surface area contributed by atoms with Crippen molar-refractivity contribution in [2.24, 2.45) is 16.0 Å². The fourth-order valence-corrected chi connectivity index (χ4v) is 1.04. The van der Waals surface area contributed by atoms with E-state index in [4.69, 9.17) is 5.73 Å². The zero-order valence-electron chi connectivity index (χ0n) is 6.66. The van der Waals surface area contributed by atoms with Crippen molar-refractivity contribution >= 4 is 5.91 Å². The zero-order valence-corrected chi connectivity index (χ0v) is 6.66. The molecule has 1 heterocycles. The Morgan fingerprint density at radius 2 is 2.45 bits per heavy atom. The first kappa shape index (κ1) is 7.91. The van der Waals surface area contributed by atoms with Gasteiger partial charge in [0.25, 0.3) is 5.91 Å². The summed E-state index contributed by atoms with van der Waals surface area (Å²) in [5.41, 5.74) is 5.07. The van der Waals surface area contributed by atoms with Crippen molar-refractivity contribution in [1.29, 1.82) is 0 Å². The smallest absolute Gasteiger partial charge is 0.251 e. The van der Waals surface area contributed by atoms with Gasteiger partial charge < -0.3 is 5.73 Å². The summed E-state index contributed by atoms with van der Waals surface area (Å²) in [4.78, 5) is 10.9. The van der Waals surface area contributed by atoms with Crippen LogP contribution in [0.3, 0.4) is 0 Å². The Kier molecular flexibility index (Phi) is 1.76. The highest BCUT2D eigenvalue weighted by Crippen LogP contribution is 2.26. The second-order valence-corrected chi connectivity index (χ2v) is 2.63. The lowest BCUT2D eigenvalue weighted by Gasteiger charge is -2.14. The maximum atomic E-state index is 10.9. The number of rotatable bonds is 2. The number of carbonyl (C=O) groups is 1. The molecule has 2 N–H and O–H groups in total. The molecule has 0 bridgehead atoms. The van der Waals surface area contributed by atoms with E-state index in [1.54, 1.807) is 13.0 Å². The van der Waals surface area contributed by atoms with Crippen molar-refractivity contribution in [2.75, 3.05) is 0 Å². The van der Waals surface area contributed by atoms with Gasteiger partial charge in [-0.2, -0.15) is 10.2 Å². The van der Waals surface area contributed by atoms with Crippen LogP contribution in [0.5, 0.6) is 0 Å². The molecule has 11 heavy (non-hydrogen) atoms. The number of hydrogen-bond donors (Lipinski definition) is 1. The van der Waals surface area contributed by atoms with E-state index in [9.17, 15) is 4.79 Å². The second kappa shape index (κ2) is 2.45. The van der Waals surface area contributed by atoms with Crippen LogP contribution < -0.4 is 5.73 Å². The standard InChI is InChI=1S/C7H11N3O/c1-3-7(6(8)11)4-5(2)9-10-7/h4H,3H2,1-2H3,(H2,8,11). The van der Waals surface area contributed by atoms with E-state index in [0.29, 0.717) is 6.42 Å². The number of allylic oxidation sites excluding steroid dienone is 1. The van der Waals surface area contributed by atoms with Gasteiger partial charge >= 0.3 is 0 Å². The number of nitrogens with zero attached hydrogens (tertiary/aromatic N) is 2. The van der Waals surface area contributed by atoms with Crippen LogP contribution in [0.2, 0.25) is 0 Å². The van der Waals surface area contributed by atoms with E-state index < -0.39 is 11.4 Å². The van der Waals surface area contributed by atoms with E-state index >= 15 is 0 Å². The molecule has 0 aliphatic carbocycles. The van der Waals surface area contributed by atoms with E-state index in [2.05, 4.69) is 10.2 Å². The summed E-state index contributed by atoms with van der Waals surface area (Å²) in [6, 6.07) is 0. The van der Waals surface area contributed by atoms with Gasteiger partial charge in [0.2, 0.25) is 0 Å². The topological polar surface area (TPSA) is 67.8 Å². The average molecular weight is 153 g/mol. The average Bonchev–Trinajstić information content (AvgIpc) is 2.33. The SMILES string of the molecule is CCC1(C(N)=O)C=C(C)N=N1. The van der Waals surface area contributed by atoms with E-state index in [1.165, 1.54) is 0 Å². The molecule has 0 saturated heterocycles. The second-order valence-electron chi connectivity index (χ2n) is 2.63. The third kappa shape index (κ3) is 1.15. The first-order valence-electron chi connectivity index (χ1n) is 3.53. The molecule has 1 aliphatic heterocycles. The summed E-state index contributed by atoms with van der Waals surface area (Å²) in [5, 5.41) is 7.59. The largest absolute Gasteiger partial charge is 0.367 e. The molecule has 0 spiro atoms. The van der Waals surface area contributed by atoms with Crippen LogP contribution >= 0.6 is 0 Å². The van der Waals surface area contributed by atoms with Crippen molar-refractivity contribution in [3.05, 3.63) is 11.8 Å². The Morgan fingerprint density at radius 3 is 2.64 bits per heavy atom. The van der Waals surface area contributed by atoms with Gasteiger partial charge in [-0.3, -0.25) is 4.79 Å². The van der Waals surface area contributed by atoms with Crippen LogP contribution in [0.4, 0.5) is 0 Å². The molecule has 0 aromatic heterocycles. The molecule has 0 saturated carbocycles. The summed E-state index contributed by atoms with van der Waals surface area (Å²) in [6.07, 6.45) is 2.28. The molecule has 1 unspecified atom stereocenters. The van der Waals surface area contributed by atoms with Crippen LogP contribution in [-0.4, -0.2) is 11.4 Å². The Morgan fingerprint density at radius 1 is 1.82 bits per heavy atom. The molecule has 1 amide bonds. The fraction of sp³-hybridized carbons (Fsp3) is 0.571. The number of nitrogens with two attached hydrogens (primary N) is 1. The van der Waals surface area contributed by atoms with Gasteiger partial charge in [-0.1, -0.05) is 6.92 Å². The lowest BCUT2D eigenvalue weighted by molar-refractivity contribution is -0.121. The van der Waals surface area contributed by atoms with Crippen molar-refractivity contribution in [2.45, 2.75) is 25.8 Å². The normalized spacial score (nSPS) is 28.7. The Labute approximate surface area is 65.2 Å². The van der Waals surface area contributed by atoms with E-state index in [-0.39, 0.29) is 0 Å². The third-order valence-electron chi connectivity index (χ3n) is 1.80. The summed E-state index contributed by atoms with van der Waals surface area (Å²) in [6.45, 7) is 3.66. The Balaban J connectivity index is 2.98. The van der Waals surface area contributed by atoms with Crippen LogP contribution in [0, 0.1) is 0 Å². The highest BCUT2D eigenvalue weighted by atomic mass is 16.1. The van der Waals surface area contributed by atoms with Crippen molar-refractivity contribution < 1.29 is 4.79 Å². The van der Waals surface area contributed by atoms with Gasteiger partial charge in [0.05, 0.1) is 5.70 Å². The molecule has 0 aromatic carbocycles. The molecule has 4 nitrogen and oxygen atoms in total. The highest BCUT2D eigenvalue weighted by molar-refractivity contribution is 5.87. The predicted molar refractivity (Wildman–Crippen MR) is 40.8 cm³/mol. The molecular weight excluding hydrogens is 142 g/mol. The number of hydrogen-bond acceptors (Lipinski definition) is 3. The third-order valence-corrected chi connectivity index (χ3v) is 1.80. The maximum absolute atomic E-state index is 10.9. The van der Waals surface area contributed by atoms with Crippen LogP contribution in [0.1, 0.15) is 20.3 Å². The Hall–Kier alpha value is -1.19. The number of carbonyl (C=O) groups excluding carboxylic acids is 1.